The van der Waals surface area contributed by atoms with Crippen molar-refractivity contribution in [2.24, 2.45) is 0 Å². The van der Waals surface area contributed by atoms with Crippen LogP contribution in [0.25, 0.3) is 5.76 Å². The fourth-order valence-corrected chi connectivity index (χ4v) is 3.36. The van der Waals surface area contributed by atoms with Crippen LogP contribution in [0.2, 0.25) is 0 Å². The largest absolute Gasteiger partial charge is 0.507 e. The highest BCUT2D eigenvalue weighted by atomic mass is 19.1. The molecule has 29 heavy (non-hydrogen) atoms. The van der Waals surface area contributed by atoms with Crippen LogP contribution in [0.1, 0.15) is 36.9 Å². The Hall–Kier alpha value is -3.55. The van der Waals surface area contributed by atoms with Crippen LogP contribution in [-0.4, -0.2) is 33.2 Å². The van der Waals surface area contributed by atoms with Gasteiger partial charge in [-0.1, -0.05) is 31.5 Å². The second-order valence-corrected chi connectivity index (χ2v) is 6.67. The minimum absolute atomic E-state index is 0.103. The van der Waals surface area contributed by atoms with Crippen molar-refractivity contribution in [1.82, 2.24) is 4.90 Å². The number of benzene rings is 2. The molecule has 1 heterocycles. The quantitative estimate of drug-likeness (QED) is 0.261. The first-order valence-corrected chi connectivity index (χ1v) is 9.14. The zero-order chi connectivity index (χ0) is 21.1. The number of carbonyl (C=O) groups excluding carboxylic acids is 2. The second-order valence-electron chi connectivity index (χ2n) is 6.67. The molecule has 1 saturated heterocycles. The molecule has 0 saturated carbocycles. The summed E-state index contributed by atoms with van der Waals surface area (Å²) in [5.74, 6) is -2.82. The summed E-state index contributed by atoms with van der Waals surface area (Å²) >= 11 is 0. The van der Waals surface area contributed by atoms with Crippen LogP contribution in [0, 0.1) is 15.9 Å². The van der Waals surface area contributed by atoms with Gasteiger partial charge < -0.3 is 10.0 Å². The lowest BCUT2D eigenvalue weighted by atomic mass is 9.95. The van der Waals surface area contributed by atoms with Gasteiger partial charge in [0.2, 0.25) is 0 Å². The highest BCUT2D eigenvalue weighted by Crippen LogP contribution is 2.40. The molecule has 2 aromatic carbocycles. The lowest BCUT2D eigenvalue weighted by molar-refractivity contribution is -0.384. The maximum Gasteiger partial charge on any atom is 0.295 e. The van der Waals surface area contributed by atoms with Gasteiger partial charge in [0.15, 0.2) is 0 Å². The molecule has 2 aromatic rings. The zero-order valence-corrected chi connectivity index (χ0v) is 15.7. The van der Waals surface area contributed by atoms with Gasteiger partial charge in [0.25, 0.3) is 17.4 Å². The van der Waals surface area contributed by atoms with Crippen LogP contribution in [0.3, 0.4) is 0 Å². The molecule has 3 rings (SSSR count). The van der Waals surface area contributed by atoms with E-state index in [1.807, 2.05) is 6.92 Å². The lowest BCUT2D eigenvalue weighted by Gasteiger charge is -2.25. The summed E-state index contributed by atoms with van der Waals surface area (Å²) in [6.45, 7) is 2.16. The first kappa shape index (κ1) is 20.2. The molecule has 0 aromatic heterocycles. The topological polar surface area (TPSA) is 101 Å². The summed E-state index contributed by atoms with van der Waals surface area (Å²) in [5.41, 5.74) is -0.183. The number of halogens is 1. The number of ketones is 1. The number of unbranched alkanes of at least 4 members (excludes halogenated alkanes) is 1. The van der Waals surface area contributed by atoms with E-state index in [2.05, 4.69) is 0 Å². The molecule has 1 fully saturated rings. The summed E-state index contributed by atoms with van der Waals surface area (Å²) in [4.78, 5) is 36.8. The smallest absolute Gasteiger partial charge is 0.295 e. The fraction of sp³-hybridized carbons (Fsp3) is 0.238. The van der Waals surface area contributed by atoms with Gasteiger partial charge >= 0.3 is 0 Å². The molecular formula is C21H19FN2O5. The zero-order valence-electron chi connectivity index (χ0n) is 15.7. The molecule has 1 aliphatic heterocycles. The summed E-state index contributed by atoms with van der Waals surface area (Å²) in [6.07, 6.45) is 1.37. The average Bonchev–Trinajstić information content (AvgIpc) is 2.96. The molecule has 1 aliphatic rings. The molecule has 0 spiro atoms. The van der Waals surface area contributed by atoms with Crippen LogP contribution in [0.5, 0.6) is 0 Å². The molecule has 1 amide bonds. The number of rotatable bonds is 6. The molecule has 8 heteroatoms. The SMILES string of the molecule is CCCCN1C(=O)C(=O)/C(=C(/O)c2ccc([N+](=O)[O-])cc2)C1c1ccccc1F. The van der Waals surface area contributed by atoms with Gasteiger partial charge in [-0.3, -0.25) is 19.7 Å². The highest BCUT2D eigenvalue weighted by molar-refractivity contribution is 6.46. The van der Waals surface area contributed by atoms with Gasteiger partial charge in [-0.05, 0) is 24.6 Å². The molecule has 7 nitrogen and oxygen atoms in total. The first-order valence-electron chi connectivity index (χ1n) is 9.14. The van der Waals surface area contributed by atoms with Gasteiger partial charge in [0.1, 0.15) is 11.6 Å². The summed E-state index contributed by atoms with van der Waals surface area (Å²) in [7, 11) is 0. The molecule has 1 atom stereocenters. The third-order valence-corrected chi connectivity index (χ3v) is 4.84. The number of Topliss-reactive ketones (excluding diaryl/α,β-unsaturated/α-hetero) is 1. The van der Waals surface area contributed by atoms with Crippen molar-refractivity contribution >= 4 is 23.1 Å². The van der Waals surface area contributed by atoms with Crippen LogP contribution >= 0.6 is 0 Å². The number of non-ortho nitro benzene ring substituents is 1. The molecule has 1 N–H and O–H groups in total. The maximum atomic E-state index is 14.5. The van der Waals surface area contributed by atoms with Crippen molar-refractivity contribution in [3.05, 3.63) is 81.2 Å². The Morgan fingerprint density at radius 3 is 2.41 bits per heavy atom. The van der Waals surface area contributed by atoms with Crippen LogP contribution in [-0.2, 0) is 9.59 Å². The Balaban J connectivity index is 2.16. The second kappa shape index (κ2) is 8.22. The number of carbonyl (C=O) groups is 2. The maximum absolute atomic E-state index is 14.5. The van der Waals surface area contributed by atoms with Crippen LogP contribution in [0.15, 0.2) is 54.1 Å². The van der Waals surface area contributed by atoms with Crippen molar-refractivity contribution in [3.63, 3.8) is 0 Å². The van der Waals surface area contributed by atoms with E-state index in [9.17, 15) is 29.2 Å². The van der Waals surface area contributed by atoms with Crippen LogP contribution < -0.4 is 0 Å². The van der Waals surface area contributed by atoms with Crippen molar-refractivity contribution in [2.75, 3.05) is 6.54 Å². The van der Waals surface area contributed by atoms with E-state index >= 15 is 0 Å². The minimum Gasteiger partial charge on any atom is -0.507 e. The highest BCUT2D eigenvalue weighted by Gasteiger charge is 2.46. The number of nitro groups is 1. The van der Waals surface area contributed by atoms with Crippen LogP contribution in [0.4, 0.5) is 10.1 Å². The third kappa shape index (κ3) is 3.73. The van der Waals surface area contributed by atoms with Gasteiger partial charge in [-0.15, -0.1) is 0 Å². The van der Waals surface area contributed by atoms with Gasteiger partial charge in [-0.2, -0.15) is 0 Å². The van der Waals surface area contributed by atoms with E-state index in [4.69, 9.17) is 0 Å². The van der Waals surface area contributed by atoms with Crippen molar-refractivity contribution < 1.29 is 24.0 Å². The number of nitro benzene ring substituents is 1. The van der Waals surface area contributed by atoms with E-state index in [0.717, 1.165) is 6.42 Å². The van der Waals surface area contributed by atoms with Crippen molar-refractivity contribution in [3.8, 4) is 0 Å². The number of hydrogen-bond donors (Lipinski definition) is 1. The number of aliphatic hydroxyl groups is 1. The van der Waals surface area contributed by atoms with E-state index < -0.39 is 34.2 Å². The third-order valence-electron chi connectivity index (χ3n) is 4.84. The van der Waals surface area contributed by atoms with E-state index in [1.165, 1.54) is 47.4 Å². The van der Waals surface area contributed by atoms with E-state index in [0.29, 0.717) is 6.42 Å². The molecule has 150 valence electrons. The first-order chi connectivity index (χ1) is 13.9. The van der Waals surface area contributed by atoms with E-state index in [-0.39, 0.29) is 28.9 Å². The summed E-state index contributed by atoms with van der Waals surface area (Å²) in [6, 6.07) is 9.63. The molecular weight excluding hydrogens is 379 g/mol. The minimum atomic E-state index is -1.07. The Morgan fingerprint density at radius 1 is 1.17 bits per heavy atom. The van der Waals surface area contributed by atoms with E-state index in [1.54, 1.807) is 6.07 Å². The predicted molar refractivity (Wildman–Crippen MR) is 103 cm³/mol. The normalized spacial score (nSPS) is 18.3. The van der Waals surface area contributed by atoms with Gasteiger partial charge in [0, 0.05) is 29.8 Å². The molecule has 0 aliphatic carbocycles. The summed E-state index contributed by atoms with van der Waals surface area (Å²) < 4.78 is 14.5. The standard InChI is InChI=1S/C21H19FN2O5/c1-2-3-12-23-18(15-6-4-5-7-16(15)22)17(20(26)21(23)27)19(25)13-8-10-14(11-9-13)24(28)29/h4-11,18,25H,2-3,12H2,1H3/b19-17+. The lowest BCUT2D eigenvalue weighted by Crippen LogP contribution is -2.31. The predicted octanol–water partition coefficient (Wildman–Crippen LogP) is 3.96. The number of likely N-dealkylation sites (tertiary alicyclic amines) is 1. The molecule has 0 bridgehead atoms. The Bertz CT molecular complexity index is 1000. The average molecular weight is 398 g/mol. The van der Waals surface area contributed by atoms with Gasteiger partial charge in [0.05, 0.1) is 16.5 Å². The molecule has 1 unspecified atom stereocenters. The number of amides is 1. The fourth-order valence-electron chi connectivity index (χ4n) is 3.36. The monoisotopic (exact) mass is 398 g/mol. The number of nitrogens with zero attached hydrogens (tertiary/aromatic N) is 2. The van der Waals surface area contributed by atoms with Crippen molar-refractivity contribution in [2.45, 2.75) is 25.8 Å². The molecule has 0 radical (unpaired) electrons. The number of aliphatic hydroxyl groups excluding tert-OH is 1. The number of hydrogen-bond acceptors (Lipinski definition) is 5. The van der Waals surface area contributed by atoms with Crippen molar-refractivity contribution in [1.29, 1.82) is 0 Å². The van der Waals surface area contributed by atoms with Gasteiger partial charge in [-0.25, -0.2) is 4.39 Å². The Kier molecular flexibility index (Phi) is 5.72. The Morgan fingerprint density at radius 2 is 1.83 bits per heavy atom. The Labute approximate surface area is 166 Å². The summed E-state index contributed by atoms with van der Waals surface area (Å²) in [5, 5.41) is 21.6.